The van der Waals surface area contributed by atoms with Crippen LogP contribution in [-0.2, 0) is 0 Å². The van der Waals surface area contributed by atoms with Gasteiger partial charge in [-0.1, -0.05) is 6.42 Å². The Labute approximate surface area is 111 Å². The smallest absolute Gasteiger partial charge is 0.251 e. The first-order valence-electron chi connectivity index (χ1n) is 6.50. The average Bonchev–Trinajstić information content (AvgIpc) is 2.82. The Morgan fingerprint density at radius 1 is 1.53 bits per heavy atom. The zero-order valence-corrected chi connectivity index (χ0v) is 10.9. The van der Waals surface area contributed by atoms with Crippen LogP contribution in [-0.4, -0.2) is 23.7 Å². The minimum Gasteiger partial charge on any atom is -0.398 e. The van der Waals surface area contributed by atoms with E-state index in [0.717, 1.165) is 19.3 Å². The third-order valence-corrected chi connectivity index (χ3v) is 3.86. The highest BCUT2D eigenvalue weighted by atomic mass is 19.1. The van der Waals surface area contributed by atoms with E-state index in [1.807, 2.05) is 0 Å². The Hall–Kier alpha value is -1.62. The van der Waals surface area contributed by atoms with Crippen molar-refractivity contribution < 1.29 is 14.3 Å². The SMILES string of the molecule is Cc1c(N)cc(C(=O)NC2CCCC2CO)cc1F. The van der Waals surface area contributed by atoms with Crippen molar-refractivity contribution in [3.63, 3.8) is 0 Å². The van der Waals surface area contributed by atoms with Gasteiger partial charge < -0.3 is 16.2 Å². The van der Waals surface area contributed by atoms with Crippen LogP contribution in [0.4, 0.5) is 10.1 Å². The summed E-state index contributed by atoms with van der Waals surface area (Å²) in [6.45, 7) is 1.64. The number of aliphatic hydroxyl groups excluding tert-OH is 1. The highest BCUT2D eigenvalue weighted by Crippen LogP contribution is 2.25. The summed E-state index contributed by atoms with van der Waals surface area (Å²) >= 11 is 0. The van der Waals surface area contributed by atoms with Crippen molar-refractivity contribution in [2.75, 3.05) is 12.3 Å². The highest BCUT2D eigenvalue weighted by molar-refractivity contribution is 5.95. The minimum absolute atomic E-state index is 0.0388. The van der Waals surface area contributed by atoms with Gasteiger partial charge in [-0.15, -0.1) is 0 Å². The Balaban J connectivity index is 2.12. The number of amides is 1. The Morgan fingerprint density at radius 3 is 2.89 bits per heavy atom. The lowest BCUT2D eigenvalue weighted by Crippen LogP contribution is -2.38. The molecule has 2 unspecified atom stereocenters. The number of halogens is 1. The van der Waals surface area contributed by atoms with Gasteiger partial charge in [0.15, 0.2) is 0 Å². The topological polar surface area (TPSA) is 75.4 Å². The van der Waals surface area contributed by atoms with Crippen molar-refractivity contribution in [2.24, 2.45) is 5.92 Å². The predicted molar refractivity (Wildman–Crippen MR) is 71.2 cm³/mol. The van der Waals surface area contributed by atoms with E-state index in [0.29, 0.717) is 5.56 Å². The summed E-state index contributed by atoms with van der Waals surface area (Å²) < 4.78 is 13.6. The lowest BCUT2D eigenvalue weighted by atomic mass is 10.0. The molecule has 1 aromatic carbocycles. The van der Waals surface area contributed by atoms with Gasteiger partial charge in [-0.2, -0.15) is 0 Å². The van der Waals surface area contributed by atoms with Gasteiger partial charge in [-0.05, 0) is 31.9 Å². The third kappa shape index (κ3) is 2.87. The summed E-state index contributed by atoms with van der Waals surface area (Å²) in [6.07, 6.45) is 2.74. The molecule has 1 fully saturated rings. The summed E-state index contributed by atoms with van der Waals surface area (Å²) in [5.74, 6) is -0.720. The van der Waals surface area contributed by atoms with Gasteiger partial charge in [0, 0.05) is 35.4 Å². The van der Waals surface area contributed by atoms with Crippen LogP contribution in [0.25, 0.3) is 0 Å². The maximum absolute atomic E-state index is 13.6. The number of benzene rings is 1. The summed E-state index contributed by atoms with van der Waals surface area (Å²) in [5, 5.41) is 12.1. The number of hydrogen-bond donors (Lipinski definition) is 3. The molecule has 2 rings (SSSR count). The van der Waals surface area contributed by atoms with E-state index in [1.54, 1.807) is 6.92 Å². The molecule has 0 spiro atoms. The van der Waals surface area contributed by atoms with Crippen LogP contribution in [0.5, 0.6) is 0 Å². The molecule has 1 amide bonds. The Bertz CT molecular complexity index is 467. The van der Waals surface area contributed by atoms with E-state index >= 15 is 0 Å². The van der Waals surface area contributed by atoms with Crippen molar-refractivity contribution in [1.29, 1.82) is 0 Å². The van der Waals surface area contributed by atoms with Gasteiger partial charge in [0.2, 0.25) is 0 Å². The molecule has 0 radical (unpaired) electrons. The van der Waals surface area contributed by atoms with E-state index in [2.05, 4.69) is 5.32 Å². The highest BCUT2D eigenvalue weighted by Gasteiger charge is 2.28. The molecule has 0 aromatic heterocycles. The molecule has 0 saturated heterocycles. The van der Waals surface area contributed by atoms with Crippen LogP contribution in [0, 0.1) is 18.7 Å². The van der Waals surface area contributed by atoms with Crippen molar-refractivity contribution in [1.82, 2.24) is 5.32 Å². The number of nitrogen functional groups attached to an aromatic ring is 1. The Morgan fingerprint density at radius 2 is 2.26 bits per heavy atom. The number of hydrogen-bond acceptors (Lipinski definition) is 3. The second kappa shape index (κ2) is 5.57. The van der Waals surface area contributed by atoms with Gasteiger partial charge in [-0.3, -0.25) is 4.79 Å². The summed E-state index contributed by atoms with van der Waals surface area (Å²) in [6, 6.07) is 2.64. The monoisotopic (exact) mass is 266 g/mol. The summed E-state index contributed by atoms with van der Waals surface area (Å²) in [4.78, 5) is 12.1. The first-order valence-corrected chi connectivity index (χ1v) is 6.50. The lowest BCUT2D eigenvalue weighted by molar-refractivity contribution is 0.0915. The second-order valence-corrected chi connectivity index (χ2v) is 5.13. The fourth-order valence-corrected chi connectivity index (χ4v) is 2.53. The van der Waals surface area contributed by atoms with E-state index in [4.69, 9.17) is 5.73 Å². The van der Waals surface area contributed by atoms with Gasteiger partial charge in [0.1, 0.15) is 5.82 Å². The molecule has 4 N–H and O–H groups in total. The quantitative estimate of drug-likeness (QED) is 0.727. The molecule has 0 bridgehead atoms. The summed E-state index contributed by atoms with van der Waals surface area (Å²) in [5.41, 5.74) is 6.51. The van der Waals surface area contributed by atoms with Crippen molar-refractivity contribution in [3.8, 4) is 0 Å². The standard InChI is InChI=1S/C14H19FN2O2/c1-8-11(15)5-10(6-12(8)16)14(19)17-13-4-2-3-9(13)7-18/h5-6,9,13,18H,2-4,7,16H2,1H3,(H,17,19). The number of anilines is 1. The fourth-order valence-electron chi connectivity index (χ4n) is 2.53. The van der Waals surface area contributed by atoms with Crippen LogP contribution < -0.4 is 11.1 Å². The van der Waals surface area contributed by atoms with Crippen LogP contribution >= 0.6 is 0 Å². The number of rotatable bonds is 3. The molecular weight excluding hydrogens is 247 g/mol. The molecule has 0 heterocycles. The van der Waals surface area contributed by atoms with Crippen LogP contribution in [0.3, 0.4) is 0 Å². The first kappa shape index (κ1) is 13.8. The largest absolute Gasteiger partial charge is 0.398 e. The molecule has 2 atom stereocenters. The average molecular weight is 266 g/mol. The predicted octanol–water partition coefficient (Wildman–Crippen LogP) is 1.61. The van der Waals surface area contributed by atoms with Crippen molar-refractivity contribution in [3.05, 3.63) is 29.1 Å². The Kier molecular flexibility index (Phi) is 4.04. The second-order valence-electron chi connectivity index (χ2n) is 5.13. The normalized spacial score (nSPS) is 22.5. The van der Waals surface area contributed by atoms with Crippen molar-refractivity contribution >= 4 is 11.6 Å². The molecule has 4 nitrogen and oxygen atoms in total. The van der Waals surface area contributed by atoms with E-state index < -0.39 is 5.82 Å². The fraction of sp³-hybridized carbons (Fsp3) is 0.500. The molecule has 1 saturated carbocycles. The number of nitrogens with one attached hydrogen (secondary N) is 1. The minimum atomic E-state index is -0.477. The maximum atomic E-state index is 13.6. The van der Waals surface area contributed by atoms with Gasteiger partial charge in [0.25, 0.3) is 5.91 Å². The number of carbonyl (C=O) groups excluding carboxylic acids is 1. The molecule has 1 aliphatic rings. The van der Waals surface area contributed by atoms with Crippen molar-refractivity contribution in [2.45, 2.75) is 32.2 Å². The van der Waals surface area contributed by atoms with Crippen LogP contribution in [0.1, 0.15) is 35.2 Å². The number of aliphatic hydroxyl groups is 1. The molecule has 0 aliphatic heterocycles. The zero-order valence-electron chi connectivity index (χ0n) is 10.9. The van der Waals surface area contributed by atoms with Crippen LogP contribution in [0.2, 0.25) is 0 Å². The van der Waals surface area contributed by atoms with E-state index in [-0.39, 0.29) is 35.7 Å². The van der Waals surface area contributed by atoms with Gasteiger partial charge in [0.05, 0.1) is 0 Å². The third-order valence-electron chi connectivity index (χ3n) is 3.86. The molecule has 104 valence electrons. The number of nitrogens with two attached hydrogens (primary N) is 1. The molecule has 19 heavy (non-hydrogen) atoms. The summed E-state index contributed by atoms with van der Waals surface area (Å²) in [7, 11) is 0. The number of carbonyl (C=O) groups is 1. The maximum Gasteiger partial charge on any atom is 0.251 e. The molecular formula is C14H19FN2O2. The lowest BCUT2D eigenvalue weighted by Gasteiger charge is -2.19. The molecule has 1 aromatic rings. The molecule has 5 heteroatoms. The van der Waals surface area contributed by atoms with E-state index in [9.17, 15) is 14.3 Å². The van der Waals surface area contributed by atoms with Gasteiger partial charge >= 0.3 is 0 Å². The first-order chi connectivity index (χ1) is 9.02. The van der Waals surface area contributed by atoms with Gasteiger partial charge in [-0.25, -0.2) is 4.39 Å². The van der Waals surface area contributed by atoms with E-state index in [1.165, 1.54) is 12.1 Å². The zero-order chi connectivity index (χ0) is 14.0. The molecule has 1 aliphatic carbocycles. The van der Waals surface area contributed by atoms with Crippen LogP contribution in [0.15, 0.2) is 12.1 Å².